The van der Waals surface area contributed by atoms with Gasteiger partial charge in [-0.1, -0.05) is 0 Å². The van der Waals surface area contributed by atoms with Crippen LogP contribution in [-0.2, 0) is 21.5 Å². The second kappa shape index (κ2) is 7.51. The van der Waals surface area contributed by atoms with Crippen molar-refractivity contribution in [3.8, 4) is 0 Å². The van der Waals surface area contributed by atoms with Gasteiger partial charge in [0.2, 0.25) is 0 Å². The maximum atomic E-state index is 13.0. The van der Waals surface area contributed by atoms with Crippen LogP contribution in [0, 0.1) is 0 Å². The van der Waals surface area contributed by atoms with E-state index in [0.717, 1.165) is 38.1 Å². The van der Waals surface area contributed by atoms with Crippen LogP contribution in [-0.4, -0.2) is 66.0 Å². The number of hydrogen-bond donors (Lipinski definition) is 0. The quantitative estimate of drug-likeness (QED) is 0.801. The molecule has 1 atom stereocenters. The molecule has 2 aliphatic heterocycles. The van der Waals surface area contributed by atoms with E-state index in [0.29, 0.717) is 26.2 Å². The molecule has 7 nitrogen and oxygen atoms in total. The number of piperidine rings is 2. The summed E-state index contributed by atoms with van der Waals surface area (Å²) < 4.78 is 36.7. The third kappa shape index (κ3) is 3.51. The fourth-order valence-corrected chi connectivity index (χ4v) is 5.50. The van der Waals surface area contributed by atoms with E-state index >= 15 is 0 Å². The van der Waals surface area contributed by atoms with Crippen molar-refractivity contribution < 1.29 is 13.2 Å². The predicted molar refractivity (Wildman–Crippen MR) is 92.0 cm³/mol. The van der Waals surface area contributed by atoms with Gasteiger partial charge >= 0.3 is 0 Å². The van der Waals surface area contributed by atoms with E-state index in [-0.39, 0.29) is 12.0 Å². The zero-order chi connectivity index (χ0) is 17.2. The number of imidazole rings is 1. The molecule has 1 unspecified atom stereocenters. The van der Waals surface area contributed by atoms with Gasteiger partial charge in [0.15, 0.2) is 0 Å². The van der Waals surface area contributed by atoms with Crippen LogP contribution in [0.4, 0.5) is 0 Å². The summed E-state index contributed by atoms with van der Waals surface area (Å²) in [5.41, 5.74) is 0. The Labute approximate surface area is 144 Å². The number of aromatic nitrogens is 2. The Morgan fingerprint density at radius 3 is 2.62 bits per heavy atom. The van der Waals surface area contributed by atoms with Gasteiger partial charge in [0, 0.05) is 58.1 Å². The molecule has 2 saturated heterocycles. The first-order valence-electron chi connectivity index (χ1n) is 8.85. The maximum Gasteiger partial charge on any atom is 0.281 e. The number of nitrogens with zero attached hydrogens (tertiary/aromatic N) is 4. The van der Waals surface area contributed by atoms with Crippen molar-refractivity contribution in [2.75, 3.05) is 33.3 Å². The number of ether oxygens (including phenoxy) is 1. The van der Waals surface area contributed by atoms with E-state index < -0.39 is 10.2 Å². The Morgan fingerprint density at radius 1 is 1.21 bits per heavy atom. The third-order valence-corrected chi connectivity index (χ3v) is 7.23. The van der Waals surface area contributed by atoms with Crippen molar-refractivity contribution in [2.45, 2.75) is 51.2 Å². The molecule has 8 heteroatoms. The van der Waals surface area contributed by atoms with Gasteiger partial charge in [-0.05, 0) is 32.6 Å². The van der Waals surface area contributed by atoms with Crippen LogP contribution in [0.3, 0.4) is 0 Å². The zero-order valence-corrected chi connectivity index (χ0v) is 15.4. The van der Waals surface area contributed by atoms with Crippen LogP contribution in [0.2, 0.25) is 0 Å². The average Bonchev–Trinajstić information content (AvgIpc) is 3.10. The van der Waals surface area contributed by atoms with Crippen LogP contribution in [0.1, 0.15) is 44.3 Å². The lowest BCUT2D eigenvalue weighted by Crippen LogP contribution is -2.50. The van der Waals surface area contributed by atoms with Gasteiger partial charge in [-0.15, -0.1) is 0 Å². The summed E-state index contributed by atoms with van der Waals surface area (Å²) in [5, 5.41) is 0. The highest BCUT2D eigenvalue weighted by molar-refractivity contribution is 7.86. The Kier molecular flexibility index (Phi) is 5.59. The molecule has 2 aliphatic rings. The molecule has 3 heterocycles. The Hall–Kier alpha value is -0.960. The maximum absolute atomic E-state index is 13.0. The molecule has 0 aliphatic carbocycles. The molecule has 136 valence electrons. The first kappa shape index (κ1) is 17.8. The summed E-state index contributed by atoms with van der Waals surface area (Å²) in [6.45, 7) is 5.18. The third-order valence-electron chi connectivity index (χ3n) is 5.22. The molecule has 0 amide bonds. The van der Waals surface area contributed by atoms with Crippen molar-refractivity contribution in [1.29, 1.82) is 0 Å². The highest BCUT2D eigenvalue weighted by Crippen LogP contribution is 2.29. The minimum atomic E-state index is -3.39. The minimum absolute atomic E-state index is 0.181. The topological polar surface area (TPSA) is 67.7 Å². The summed E-state index contributed by atoms with van der Waals surface area (Å²) in [7, 11) is -1.69. The molecule has 0 aromatic carbocycles. The summed E-state index contributed by atoms with van der Waals surface area (Å²) in [4.78, 5) is 4.47. The highest BCUT2D eigenvalue weighted by Gasteiger charge is 2.36. The van der Waals surface area contributed by atoms with Crippen molar-refractivity contribution in [3.63, 3.8) is 0 Å². The van der Waals surface area contributed by atoms with Gasteiger partial charge in [0.1, 0.15) is 5.82 Å². The lowest BCUT2D eigenvalue weighted by molar-refractivity contribution is 0.0588. The lowest BCUT2D eigenvalue weighted by atomic mass is 9.99. The second-order valence-electron chi connectivity index (χ2n) is 6.61. The van der Waals surface area contributed by atoms with Gasteiger partial charge < -0.3 is 9.30 Å². The minimum Gasteiger partial charge on any atom is -0.381 e. The molecular weight excluding hydrogens is 328 g/mol. The molecule has 24 heavy (non-hydrogen) atoms. The molecular formula is C16H28N4O3S. The van der Waals surface area contributed by atoms with E-state index in [4.69, 9.17) is 4.74 Å². The van der Waals surface area contributed by atoms with Gasteiger partial charge in [0.25, 0.3) is 10.2 Å². The number of hydrogen-bond acceptors (Lipinski definition) is 4. The molecule has 0 saturated carbocycles. The van der Waals surface area contributed by atoms with Crippen molar-refractivity contribution in [2.24, 2.45) is 0 Å². The van der Waals surface area contributed by atoms with Gasteiger partial charge in [-0.25, -0.2) is 4.98 Å². The summed E-state index contributed by atoms with van der Waals surface area (Å²) in [6.07, 6.45) is 7.38. The fraction of sp³-hybridized carbons (Fsp3) is 0.812. The average molecular weight is 356 g/mol. The standard InChI is InChI=1S/C16H28N4O3S/c1-3-18-12-8-17-16(18)14-5-4-9-20(13-14)24(21,22)19-10-6-15(23-2)7-11-19/h8,12,14-15H,3-7,9-11,13H2,1-2H3. The van der Waals surface area contributed by atoms with Gasteiger partial charge in [0.05, 0.1) is 6.10 Å². The van der Waals surface area contributed by atoms with Crippen molar-refractivity contribution >= 4 is 10.2 Å². The SMILES string of the molecule is CCn1ccnc1C1CCCN(S(=O)(=O)N2CCC(OC)CC2)C1. The first-order chi connectivity index (χ1) is 11.6. The predicted octanol–water partition coefficient (Wildman–Crippen LogP) is 1.44. The van der Waals surface area contributed by atoms with Crippen LogP contribution in [0.25, 0.3) is 0 Å². The normalized spacial score (nSPS) is 25.2. The van der Waals surface area contributed by atoms with E-state index in [9.17, 15) is 8.42 Å². The number of rotatable bonds is 5. The molecule has 1 aromatic heterocycles. The van der Waals surface area contributed by atoms with Crippen LogP contribution >= 0.6 is 0 Å². The van der Waals surface area contributed by atoms with Crippen LogP contribution < -0.4 is 0 Å². The summed E-state index contributed by atoms with van der Waals surface area (Å²) in [6, 6.07) is 0. The van der Waals surface area contributed by atoms with Crippen LogP contribution in [0.5, 0.6) is 0 Å². The second-order valence-corrected chi connectivity index (χ2v) is 8.54. The highest BCUT2D eigenvalue weighted by atomic mass is 32.2. The molecule has 1 aromatic rings. The van der Waals surface area contributed by atoms with Crippen molar-refractivity contribution in [3.05, 3.63) is 18.2 Å². The Bertz CT molecular complexity index is 638. The van der Waals surface area contributed by atoms with Crippen molar-refractivity contribution in [1.82, 2.24) is 18.2 Å². The zero-order valence-electron chi connectivity index (χ0n) is 14.6. The van der Waals surface area contributed by atoms with E-state index in [1.165, 1.54) is 0 Å². The van der Waals surface area contributed by atoms with E-state index in [1.807, 2.05) is 12.4 Å². The lowest BCUT2D eigenvalue weighted by Gasteiger charge is -2.37. The van der Waals surface area contributed by atoms with Gasteiger partial charge in [-0.2, -0.15) is 17.0 Å². The largest absolute Gasteiger partial charge is 0.381 e. The van der Waals surface area contributed by atoms with Gasteiger partial charge in [-0.3, -0.25) is 0 Å². The van der Waals surface area contributed by atoms with E-state index in [1.54, 1.807) is 15.7 Å². The molecule has 3 rings (SSSR count). The monoisotopic (exact) mass is 356 g/mol. The molecule has 0 bridgehead atoms. The molecule has 0 N–H and O–H groups in total. The fourth-order valence-electron chi connectivity index (χ4n) is 3.77. The van der Waals surface area contributed by atoms with E-state index in [2.05, 4.69) is 16.5 Å². The smallest absolute Gasteiger partial charge is 0.281 e. The molecule has 0 spiro atoms. The summed E-state index contributed by atoms with van der Waals surface area (Å²) in [5.74, 6) is 1.19. The Balaban J connectivity index is 1.70. The number of aryl methyl sites for hydroxylation is 1. The van der Waals surface area contributed by atoms with Crippen LogP contribution in [0.15, 0.2) is 12.4 Å². The number of methoxy groups -OCH3 is 1. The Morgan fingerprint density at radius 2 is 1.96 bits per heavy atom. The molecule has 0 radical (unpaired) electrons. The molecule has 2 fully saturated rings. The first-order valence-corrected chi connectivity index (χ1v) is 10.2. The summed E-state index contributed by atoms with van der Waals surface area (Å²) >= 11 is 0.